The van der Waals surface area contributed by atoms with Crippen LogP contribution in [0.25, 0.3) is 0 Å². The SMILES string of the molecule is CN(CC(C)(C)O)S(=O)(=O)c1ccc(CCCl)cc1. The van der Waals surface area contributed by atoms with Gasteiger partial charge in [-0.1, -0.05) is 12.1 Å². The summed E-state index contributed by atoms with van der Waals surface area (Å²) < 4.78 is 25.7. The van der Waals surface area contributed by atoms with Gasteiger partial charge in [0.2, 0.25) is 10.0 Å². The lowest BCUT2D eigenvalue weighted by Gasteiger charge is -2.25. The normalized spacial score (nSPS) is 12.9. The summed E-state index contributed by atoms with van der Waals surface area (Å²) in [5.41, 5.74) is -0.0699. The quantitative estimate of drug-likeness (QED) is 0.816. The van der Waals surface area contributed by atoms with Gasteiger partial charge in [-0.3, -0.25) is 0 Å². The zero-order chi connectivity index (χ0) is 14.7. The molecule has 1 rings (SSSR count). The van der Waals surface area contributed by atoms with E-state index in [1.165, 1.54) is 7.05 Å². The largest absolute Gasteiger partial charge is 0.389 e. The lowest BCUT2D eigenvalue weighted by molar-refractivity contribution is 0.0640. The highest BCUT2D eigenvalue weighted by Gasteiger charge is 2.26. The lowest BCUT2D eigenvalue weighted by Crippen LogP contribution is -2.39. The number of sulfonamides is 1. The maximum atomic E-state index is 12.3. The Hall–Kier alpha value is -0.620. The maximum Gasteiger partial charge on any atom is 0.242 e. The molecule has 19 heavy (non-hydrogen) atoms. The molecule has 0 fully saturated rings. The predicted molar refractivity (Wildman–Crippen MR) is 77.0 cm³/mol. The van der Waals surface area contributed by atoms with Crippen molar-refractivity contribution in [3.8, 4) is 0 Å². The Balaban J connectivity index is 2.93. The molecule has 0 saturated heterocycles. The van der Waals surface area contributed by atoms with Crippen LogP contribution in [0.2, 0.25) is 0 Å². The summed E-state index contributed by atoms with van der Waals surface area (Å²) in [4.78, 5) is 0.220. The average molecular weight is 306 g/mol. The van der Waals surface area contributed by atoms with Gasteiger partial charge in [-0.05, 0) is 38.0 Å². The summed E-state index contributed by atoms with van der Waals surface area (Å²) in [6.07, 6.45) is 0.710. The molecule has 0 amide bonds. The van der Waals surface area contributed by atoms with Crippen molar-refractivity contribution in [1.29, 1.82) is 0 Å². The number of hydrogen-bond donors (Lipinski definition) is 1. The van der Waals surface area contributed by atoms with Crippen molar-refractivity contribution < 1.29 is 13.5 Å². The molecular weight excluding hydrogens is 286 g/mol. The molecule has 0 atom stereocenters. The van der Waals surface area contributed by atoms with Crippen LogP contribution in [0, 0.1) is 0 Å². The average Bonchev–Trinajstić information content (AvgIpc) is 2.28. The molecule has 0 unspecified atom stereocenters. The van der Waals surface area contributed by atoms with Gasteiger partial charge in [-0.25, -0.2) is 8.42 Å². The summed E-state index contributed by atoms with van der Waals surface area (Å²) >= 11 is 5.63. The van der Waals surface area contributed by atoms with Crippen LogP contribution >= 0.6 is 11.6 Å². The molecule has 0 heterocycles. The number of aliphatic hydroxyl groups is 1. The maximum absolute atomic E-state index is 12.3. The molecule has 0 aliphatic carbocycles. The zero-order valence-corrected chi connectivity index (χ0v) is 13.0. The van der Waals surface area contributed by atoms with E-state index in [0.717, 1.165) is 9.87 Å². The minimum atomic E-state index is -3.56. The first-order valence-electron chi connectivity index (χ1n) is 6.00. The van der Waals surface area contributed by atoms with Crippen molar-refractivity contribution in [1.82, 2.24) is 4.31 Å². The fourth-order valence-electron chi connectivity index (χ4n) is 1.75. The molecule has 6 heteroatoms. The van der Waals surface area contributed by atoms with Gasteiger partial charge >= 0.3 is 0 Å². The van der Waals surface area contributed by atoms with Crippen LogP contribution in [-0.4, -0.2) is 42.9 Å². The van der Waals surface area contributed by atoms with E-state index < -0.39 is 15.6 Å². The van der Waals surface area contributed by atoms with Crippen LogP contribution in [-0.2, 0) is 16.4 Å². The zero-order valence-electron chi connectivity index (χ0n) is 11.4. The lowest BCUT2D eigenvalue weighted by atomic mass is 10.1. The summed E-state index contributed by atoms with van der Waals surface area (Å²) in [6.45, 7) is 3.18. The van der Waals surface area contributed by atoms with Crippen molar-refractivity contribution in [2.45, 2.75) is 30.8 Å². The molecule has 108 valence electrons. The van der Waals surface area contributed by atoms with Gasteiger partial charge in [0.25, 0.3) is 0 Å². The topological polar surface area (TPSA) is 57.6 Å². The Morgan fingerprint density at radius 2 is 1.79 bits per heavy atom. The predicted octanol–water partition coefficient (Wildman–Crippen LogP) is 1.86. The number of likely N-dealkylation sites (N-methyl/N-ethyl adjacent to an activating group) is 1. The molecular formula is C13H20ClNO3S. The van der Waals surface area contributed by atoms with E-state index in [0.29, 0.717) is 12.3 Å². The summed E-state index contributed by atoms with van der Waals surface area (Å²) in [5, 5.41) is 9.69. The number of halogens is 1. The Labute approximate surface area is 120 Å². The number of hydrogen-bond acceptors (Lipinski definition) is 3. The minimum Gasteiger partial charge on any atom is -0.389 e. The smallest absolute Gasteiger partial charge is 0.242 e. The molecule has 4 nitrogen and oxygen atoms in total. The third-order valence-electron chi connectivity index (χ3n) is 2.62. The fraction of sp³-hybridized carbons (Fsp3) is 0.538. The van der Waals surface area contributed by atoms with Crippen molar-refractivity contribution >= 4 is 21.6 Å². The van der Waals surface area contributed by atoms with E-state index in [4.69, 9.17) is 11.6 Å². The van der Waals surface area contributed by atoms with Crippen LogP contribution in [0.4, 0.5) is 0 Å². The van der Waals surface area contributed by atoms with E-state index >= 15 is 0 Å². The molecule has 0 saturated carbocycles. The van der Waals surface area contributed by atoms with Crippen LogP contribution in [0.5, 0.6) is 0 Å². The van der Waals surface area contributed by atoms with Crippen molar-refractivity contribution in [2.24, 2.45) is 0 Å². The van der Waals surface area contributed by atoms with Gasteiger partial charge in [0.1, 0.15) is 0 Å². The monoisotopic (exact) mass is 305 g/mol. The molecule has 0 aliphatic rings. The first kappa shape index (κ1) is 16.4. The molecule has 1 N–H and O–H groups in total. The number of rotatable bonds is 6. The second-order valence-corrected chi connectivity index (χ2v) is 7.58. The Morgan fingerprint density at radius 3 is 2.21 bits per heavy atom. The number of aryl methyl sites for hydroxylation is 1. The Kier molecular flexibility index (Phi) is 5.38. The Morgan fingerprint density at radius 1 is 1.26 bits per heavy atom. The van der Waals surface area contributed by atoms with Gasteiger partial charge in [0, 0.05) is 19.5 Å². The second kappa shape index (κ2) is 6.22. The van der Waals surface area contributed by atoms with E-state index in [9.17, 15) is 13.5 Å². The van der Waals surface area contributed by atoms with Gasteiger partial charge < -0.3 is 5.11 Å². The van der Waals surface area contributed by atoms with Gasteiger partial charge in [-0.2, -0.15) is 4.31 Å². The molecule has 0 bridgehead atoms. The molecule has 0 aliphatic heterocycles. The van der Waals surface area contributed by atoms with E-state index in [2.05, 4.69) is 0 Å². The standard InChI is InChI=1S/C13H20ClNO3S/c1-13(2,16)10-15(3)19(17,18)12-6-4-11(5-7-12)8-9-14/h4-7,16H,8-10H2,1-3H3. The number of alkyl halides is 1. The van der Waals surface area contributed by atoms with E-state index in [1.807, 2.05) is 0 Å². The molecule has 0 radical (unpaired) electrons. The summed E-state index contributed by atoms with van der Waals surface area (Å²) in [7, 11) is -2.11. The highest BCUT2D eigenvalue weighted by molar-refractivity contribution is 7.89. The first-order chi connectivity index (χ1) is 8.66. The highest BCUT2D eigenvalue weighted by atomic mass is 35.5. The van der Waals surface area contributed by atoms with E-state index in [-0.39, 0.29) is 11.4 Å². The van der Waals surface area contributed by atoms with Crippen molar-refractivity contribution in [3.63, 3.8) is 0 Å². The molecule has 1 aromatic carbocycles. The van der Waals surface area contributed by atoms with Crippen LogP contribution in [0.15, 0.2) is 29.2 Å². The summed E-state index contributed by atoms with van der Waals surface area (Å²) in [6, 6.07) is 6.65. The van der Waals surface area contributed by atoms with Gasteiger partial charge in [0.15, 0.2) is 0 Å². The second-order valence-electron chi connectivity index (χ2n) is 5.16. The number of nitrogens with zero attached hydrogens (tertiary/aromatic N) is 1. The Bertz CT molecular complexity index is 506. The van der Waals surface area contributed by atoms with Crippen LogP contribution in [0.1, 0.15) is 19.4 Å². The van der Waals surface area contributed by atoms with E-state index in [1.54, 1.807) is 38.1 Å². The highest BCUT2D eigenvalue weighted by Crippen LogP contribution is 2.17. The first-order valence-corrected chi connectivity index (χ1v) is 7.98. The molecule has 0 spiro atoms. The van der Waals surface area contributed by atoms with Gasteiger partial charge in [-0.15, -0.1) is 11.6 Å². The third kappa shape index (κ3) is 4.76. The van der Waals surface area contributed by atoms with Crippen LogP contribution < -0.4 is 0 Å². The molecule has 0 aromatic heterocycles. The van der Waals surface area contributed by atoms with Gasteiger partial charge in [0.05, 0.1) is 10.5 Å². The minimum absolute atomic E-state index is 0.0404. The number of benzene rings is 1. The van der Waals surface area contributed by atoms with Crippen molar-refractivity contribution in [3.05, 3.63) is 29.8 Å². The summed E-state index contributed by atoms with van der Waals surface area (Å²) in [5.74, 6) is 0.505. The third-order valence-corrected chi connectivity index (χ3v) is 4.63. The molecule has 1 aromatic rings. The van der Waals surface area contributed by atoms with Crippen molar-refractivity contribution in [2.75, 3.05) is 19.5 Å². The fourth-order valence-corrected chi connectivity index (χ4v) is 3.29. The van der Waals surface area contributed by atoms with Crippen LogP contribution in [0.3, 0.4) is 0 Å².